The number of nitrogens with one attached hydrogen (secondary N) is 2. The van der Waals surface area contributed by atoms with Crippen molar-refractivity contribution in [3.05, 3.63) is 18.4 Å². The summed E-state index contributed by atoms with van der Waals surface area (Å²) in [4.78, 5) is 11.0. The Balaban J connectivity index is 2.18. The molecule has 0 fully saturated rings. The second kappa shape index (κ2) is 5.18. The number of amides is 2. The number of hydrogen-bond donors (Lipinski definition) is 2. The quantitative estimate of drug-likeness (QED) is 0.704. The van der Waals surface area contributed by atoms with E-state index in [4.69, 9.17) is 4.42 Å². The Bertz CT molecular complexity index is 249. The third kappa shape index (κ3) is 3.59. The van der Waals surface area contributed by atoms with E-state index in [1.165, 1.54) is 6.26 Å². The predicted octanol–water partition coefficient (Wildman–Crippen LogP) is 1.76. The molecule has 0 saturated carbocycles. The minimum atomic E-state index is -0.430. The number of halogens is 1. The maximum Gasteiger partial charge on any atom is 0.321 e. The van der Waals surface area contributed by atoms with Crippen LogP contribution in [-0.4, -0.2) is 19.3 Å². The number of alkyl halides is 1. The highest BCUT2D eigenvalue weighted by atomic mass is 19.1. The van der Waals surface area contributed by atoms with Crippen LogP contribution >= 0.6 is 0 Å². The number of urea groups is 1. The monoisotopic (exact) mass is 186 g/mol. The molecular weight excluding hydrogens is 175 g/mol. The Kier molecular flexibility index (Phi) is 3.81. The maximum absolute atomic E-state index is 11.6. The van der Waals surface area contributed by atoms with Crippen LogP contribution in [0.5, 0.6) is 0 Å². The summed E-state index contributed by atoms with van der Waals surface area (Å²) in [7, 11) is 0. The Labute approximate surface area is 75.1 Å². The fourth-order valence-corrected chi connectivity index (χ4v) is 0.775. The van der Waals surface area contributed by atoms with Crippen LogP contribution in [0.4, 0.5) is 15.1 Å². The molecule has 4 nitrogen and oxygen atoms in total. The van der Waals surface area contributed by atoms with Crippen LogP contribution in [0.2, 0.25) is 0 Å². The Morgan fingerprint density at radius 3 is 3.08 bits per heavy atom. The number of carbonyl (C=O) groups is 1. The van der Waals surface area contributed by atoms with Crippen LogP contribution in [-0.2, 0) is 0 Å². The number of carbonyl (C=O) groups excluding carboxylic acids is 1. The van der Waals surface area contributed by atoms with Crippen molar-refractivity contribution in [2.75, 3.05) is 18.5 Å². The summed E-state index contributed by atoms with van der Waals surface area (Å²) < 4.78 is 16.5. The van der Waals surface area contributed by atoms with Gasteiger partial charge < -0.3 is 9.73 Å². The Hall–Kier alpha value is -1.52. The zero-order valence-corrected chi connectivity index (χ0v) is 7.05. The predicted molar refractivity (Wildman–Crippen MR) is 46.3 cm³/mol. The zero-order valence-electron chi connectivity index (χ0n) is 7.05. The van der Waals surface area contributed by atoms with Crippen LogP contribution in [0.1, 0.15) is 6.42 Å². The van der Waals surface area contributed by atoms with Gasteiger partial charge in [0.1, 0.15) is 0 Å². The summed E-state index contributed by atoms with van der Waals surface area (Å²) in [6, 6.07) is 2.90. The van der Waals surface area contributed by atoms with Crippen LogP contribution in [0.25, 0.3) is 0 Å². The van der Waals surface area contributed by atoms with E-state index in [1.807, 2.05) is 0 Å². The third-order valence-electron chi connectivity index (χ3n) is 1.35. The average Bonchev–Trinajstić information content (AvgIpc) is 2.57. The molecule has 0 unspecified atom stereocenters. The van der Waals surface area contributed by atoms with E-state index in [1.54, 1.807) is 12.1 Å². The third-order valence-corrected chi connectivity index (χ3v) is 1.35. The fourth-order valence-electron chi connectivity index (χ4n) is 0.775. The van der Waals surface area contributed by atoms with Crippen molar-refractivity contribution in [1.82, 2.24) is 5.32 Å². The van der Waals surface area contributed by atoms with Crippen molar-refractivity contribution in [3.8, 4) is 0 Å². The van der Waals surface area contributed by atoms with Crippen LogP contribution in [0.15, 0.2) is 22.8 Å². The lowest BCUT2D eigenvalue weighted by molar-refractivity contribution is 0.251. The van der Waals surface area contributed by atoms with Gasteiger partial charge >= 0.3 is 6.03 Å². The number of hydrogen-bond acceptors (Lipinski definition) is 2. The lowest BCUT2D eigenvalue weighted by Gasteiger charge is -2.02. The maximum atomic E-state index is 11.6. The average molecular weight is 186 g/mol. The van der Waals surface area contributed by atoms with Crippen molar-refractivity contribution in [3.63, 3.8) is 0 Å². The zero-order chi connectivity index (χ0) is 9.52. The molecule has 0 aromatic carbocycles. The molecule has 0 atom stereocenters. The highest BCUT2D eigenvalue weighted by molar-refractivity contribution is 5.87. The molecule has 0 radical (unpaired) electrons. The number of anilines is 1. The first-order chi connectivity index (χ1) is 6.33. The summed E-state index contributed by atoms with van der Waals surface area (Å²) in [6.45, 7) is -0.107. The molecule has 0 spiro atoms. The molecule has 13 heavy (non-hydrogen) atoms. The van der Waals surface area contributed by atoms with Gasteiger partial charge in [-0.25, -0.2) is 4.79 Å². The van der Waals surface area contributed by atoms with E-state index in [0.29, 0.717) is 18.8 Å². The smallest absolute Gasteiger partial charge is 0.321 e. The molecule has 1 aromatic rings. The molecule has 0 saturated heterocycles. The lowest BCUT2D eigenvalue weighted by Crippen LogP contribution is -2.29. The largest absolute Gasteiger partial charge is 0.449 e. The molecule has 0 bridgehead atoms. The minimum Gasteiger partial charge on any atom is -0.449 e. The van der Waals surface area contributed by atoms with E-state index in [9.17, 15) is 9.18 Å². The van der Waals surface area contributed by atoms with E-state index >= 15 is 0 Å². The van der Waals surface area contributed by atoms with Gasteiger partial charge in [-0.1, -0.05) is 0 Å². The van der Waals surface area contributed by atoms with Crippen LogP contribution < -0.4 is 10.6 Å². The standard InChI is InChI=1S/C8H11FN2O2/c9-4-2-5-10-8(12)11-7-3-1-6-13-7/h1,3,6H,2,4-5H2,(H2,10,11,12). The van der Waals surface area contributed by atoms with Crippen molar-refractivity contribution >= 4 is 11.9 Å². The van der Waals surface area contributed by atoms with Gasteiger partial charge in [-0.3, -0.25) is 9.71 Å². The van der Waals surface area contributed by atoms with Crippen LogP contribution in [0, 0.1) is 0 Å². The molecule has 72 valence electrons. The van der Waals surface area contributed by atoms with Gasteiger partial charge in [-0.15, -0.1) is 0 Å². The molecule has 0 aliphatic carbocycles. The SMILES string of the molecule is O=C(NCCCF)Nc1ccco1. The van der Waals surface area contributed by atoms with E-state index < -0.39 is 6.67 Å². The van der Waals surface area contributed by atoms with Crippen molar-refractivity contribution in [2.24, 2.45) is 0 Å². The van der Waals surface area contributed by atoms with Gasteiger partial charge in [0.2, 0.25) is 5.88 Å². The molecule has 1 aromatic heterocycles. The summed E-state index contributed by atoms with van der Waals surface area (Å²) >= 11 is 0. The van der Waals surface area contributed by atoms with E-state index in [0.717, 1.165) is 0 Å². The summed E-state index contributed by atoms with van der Waals surface area (Å²) in [5.41, 5.74) is 0. The number of rotatable bonds is 4. The first kappa shape index (κ1) is 9.57. The van der Waals surface area contributed by atoms with E-state index in [-0.39, 0.29) is 6.03 Å². The van der Waals surface area contributed by atoms with Crippen molar-refractivity contribution in [1.29, 1.82) is 0 Å². The van der Waals surface area contributed by atoms with Gasteiger partial charge in [0.15, 0.2) is 0 Å². The highest BCUT2D eigenvalue weighted by Crippen LogP contribution is 2.05. The molecule has 2 N–H and O–H groups in total. The first-order valence-electron chi connectivity index (χ1n) is 3.97. The normalized spacial score (nSPS) is 9.62. The molecule has 0 aliphatic rings. The van der Waals surface area contributed by atoms with E-state index in [2.05, 4.69) is 10.6 Å². The molecule has 1 heterocycles. The van der Waals surface area contributed by atoms with Crippen molar-refractivity contribution in [2.45, 2.75) is 6.42 Å². The van der Waals surface area contributed by atoms with Crippen LogP contribution in [0.3, 0.4) is 0 Å². The molecular formula is C8H11FN2O2. The summed E-state index contributed by atoms with van der Waals surface area (Å²) in [5, 5.41) is 4.91. The van der Waals surface area contributed by atoms with Gasteiger partial charge in [0.25, 0.3) is 0 Å². The number of furan rings is 1. The highest BCUT2D eigenvalue weighted by Gasteiger charge is 2.01. The topological polar surface area (TPSA) is 54.3 Å². The molecule has 0 aliphatic heterocycles. The Morgan fingerprint density at radius 2 is 2.46 bits per heavy atom. The van der Waals surface area contributed by atoms with Gasteiger partial charge in [0.05, 0.1) is 12.9 Å². The van der Waals surface area contributed by atoms with Gasteiger partial charge in [0, 0.05) is 12.6 Å². The molecule has 5 heteroatoms. The fraction of sp³-hybridized carbons (Fsp3) is 0.375. The minimum absolute atomic E-state index is 0.322. The second-order valence-electron chi connectivity index (χ2n) is 2.40. The van der Waals surface area contributed by atoms with Gasteiger partial charge in [-0.05, 0) is 12.5 Å². The van der Waals surface area contributed by atoms with Gasteiger partial charge in [-0.2, -0.15) is 0 Å². The lowest BCUT2D eigenvalue weighted by atomic mass is 10.5. The summed E-state index contributed by atoms with van der Waals surface area (Å²) in [5.74, 6) is 0.373. The first-order valence-corrected chi connectivity index (χ1v) is 3.97. The molecule has 2 amide bonds. The second-order valence-corrected chi connectivity index (χ2v) is 2.40. The molecule has 1 rings (SSSR count). The Morgan fingerprint density at radius 1 is 1.62 bits per heavy atom. The summed E-state index contributed by atoms with van der Waals surface area (Å²) in [6.07, 6.45) is 1.78. The van der Waals surface area contributed by atoms with Crippen molar-refractivity contribution < 1.29 is 13.6 Å².